The minimum Gasteiger partial charge on any atom is -0.435 e. The Morgan fingerprint density at radius 3 is 1.83 bits per heavy atom. The molecule has 3 heteroatoms. The van der Waals surface area contributed by atoms with E-state index < -0.39 is 0 Å². The summed E-state index contributed by atoms with van der Waals surface area (Å²) in [5.74, 6) is 0.639. The van der Waals surface area contributed by atoms with Crippen LogP contribution in [0.4, 0.5) is 17.1 Å². The number of para-hydroxylation sites is 1. The highest BCUT2D eigenvalue weighted by Gasteiger charge is 2.16. The van der Waals surface area contributed by atoms with Crippen molar-refractivity contribution in [3.05, 3.63) is 194 Å². The van der Waals surface area contributed by atoms with Gasteiger partial charge in [-0.15, -0.1) is 0 Å². The monoisotopic (exact) mass is 664 g/mol. The normalized spacial score (nSPS) is 11.5. The Labute approximate surface area is 301 Å². The lowest BCUT2D eigenvalue weighted by Crippen LogP contribution is -2.09. The van der Waals surface area contributed by atoms with Crippen LogP contribution < -0.4 is 4.90 Å². The fourth-order valence-electron chi connectivity index (χ4n) is 7.53. The molecule has 0 spiro atoms. The van der Waals surface area contributed by atoms with Crippen molar-refractivity contribution in [2.75, 3.05) is 4.90 Å². The molecule has 0 aliphatic rings. The van der Waals surface area contributed by atoms with Gasteiger partial charge < -0.3 is 9.32 Å². The predicted octanol–water partition coefficient (Wildman–Crippen LogP) is 13.8. The van der Waals surface area contributed by atoms with E-state index in [9.17, 15) is 0 Å². The molecular formula is C49H32N2O. The minimum absolute atomic E-state index is 0.639. The molecule has 0 atom stereocenters. The molecule has 244 valence electrons. The van der Waals surface area contributed by atoms with Gasteiger partial charge in [-0.05, 0) is 110 Å². The predicted molar refractivity (Wildman–Crippen MR) is 218 cm³/mol. The lowest BCUT2D eigenvalue weighted by Gasteiger charge is -2.26. The molecule has 0 fully saturated rings. The Kier molecular flexibility index (Phi) is 7.14. The zero-order chi connectivity index (χ0) is 34.4. The van der Waals surface area contributed by atoms with E-state index in [1.807, 2.05) is 30.3 Å². The smallest absolute Gasteiger partial charge is 0.227 e. The molecule has 3 nitrogen and oxygen atoms in total. The van der Waals surface area contributed by atoms with Crippen molar-refractivity contribution in [3.8, 4) is 33.7 Å². The number of hydrogen-bond acceptors (Lipinski definition) is 3. The molecule has 10 rings (SSSR count). The van der Waals surface area contributed by atoms with Gasteiger partial charge in [0.1, 0.15) is 5.52 Å². The lowest BCUT2D eigenvalue weighted by molar-refractivity contribution is 0.623. The van der Waals surface area contributed by atoms with Crippen LogP contribution in [0.5, 0.6) is 0 Å². The molecule has 0 unspecified atom stereocenters. The highest BCUT2D eigenvalue weighted by molar-refractivity contribution is 6.10. The van der Waals surface area contributed by atoms with E-state index in [2.05, 4.69) is 169 Å². The molecule has 0 aliphatic carbocycles. The van der Waals surface area contributed by atoms with Crippen molar-refractivity contribution in [3.63, 3.8) is 0 Å². The fourth-order valence-corrected chi connectivity index (χ4v) is 7.53. The standard InChI is InChI=1S/C49H32N2O/c1-3-12-35(13-4-1)49-50-47-30-29-45-44(19-10-20-46(45)48(47)52-49)38-22-21-37-32-41(28-25-36(37)31-38)51(39-15-5-2-6-16-39)40-26-23-34(24-27-40)43-18-9-14-33-11-7-8-17-42(33)43/h1-32H. The van der Waals surface area contributed by atoms with E-state index in [-0.39, 0.29) is 0 Å². The number of anilines is 3. The summed E-state index contributed by atoms with van der Waals surface area (Å²) in [6.07, 6.45) is 0. The van der Waals surface area contributed by atoms with Crippen LogP contribution in [-0.2, 0) is 0 Å². The van der Waals surface area contributed by atoms with Crippen molar-refractivity contribution in [2.45, 2.75) is 0 Å². The molecule has 10 aromatic rings. The molecule has 1 aromatic heterocycles. The number of fused-ring (bicyclic) bond motifs is 5. The molecule has 0 N–H and O–H groups in total. The fraction of sp³-hybridized carbons (Fsp3) is 0. The third-order valence-corrected chi connectivity index (χ3v) is 10.1. The summed E-state index contributed by atoms with van der Waals surface area (Å²) in [6, 6.07) is 68.9. The number of nitrogens with zero attached hydrogens (tertiary/aromatic N) is 2. The van der Waals surface area contributed by atoms with Gasteiger partial charge in [-0.2, -0.15) is 0 Å². The van der Waals surface area contributed by atoms with Gasteiger partial charge in [-0.1, -0.05) is 133 Å². The largest absolute Gasteiger partial charge is 0.435 e. The van der Waals surface area contributed by atoms with Crippen LogP contribution in [-0.4, -0.2) is 4.98 Å². The zero-order valence-corrected chi connectivity index (χ0v) is 28.3. The van der Waals surface area contributed by atoms with Crippen molar-refractivity contribution in [1.82, 2.24) is 4.98 Å². The summed E-state index contributed by atoms with van der Waals surface area (Å²) in [4.78, 5) is 7.13. The highest BCUT2D eigenvalue weighted by Crippen LogP contribution is 2.40. The second-order valence-corrected chi connectivity index (χ2v) is 13.2. The van der Waals surface area contributed by atoms with Gasteiger partial charge in [0, 0.05) is 28.0 Å². The van der Waals surface area contributed by atoms with Crippen LogP contribution in [0, 0.1) is 0 Å². The van der Waals surface area contributed by atoms with Gasteiger partial charge in [-0.3, -0.25) is 0 Å². The Hall–Kier alpha value is -6.97. The second kappa shape index (κ2) is 12.4. The average Bonchev–Trinajstić information content (AvgIpc) is 3.67. The quantitative estimate of drug-likeness (QED) is 0.177. The molecule has 0 aliphatic heterocycles. The summed E-state index contributed by atoms with van der Waals surface area (Å²) in [5, 5.41) is 7.08. The van der Waals surface area contributed by atoms with Crippen LogP contribution in [0.1, 0.15) is 0 Å². The topological polar surface area (TPSA) is 29.3 Å². The van der Waals surface area contributed by atoms with E-state index in [0.29, 0.717) is 5.89 Å². The molecule has 0 amide bonds. The third kappa shape index (κ3) is 5.19. The Balaban J connectivity index is 1.02. The SMILES string of the molecule is c1ccc(-c2nc3ccc4c(-c5ccc6cc(N(c7ccccc7)c7ccc(-c8cccc9ccccc89)cc7)ccc6c5)cccc4c3o2)cc1. The summed E-state index contributed by atoms with van der Waals surface area (Å²) < 4.78 is 6.37. The van der Waals surface area contributed by atoms with Crippen LogP contribution in [0.15, 0.2) is 199 Å². The van der Waals surface area contributed by atoms with Gasteiger partial charge in [-0.25, -0.2) is 4.98 Å². The highest BCUT2D eigenvalue weighted by atomic mass is 16.3. The van der Waals surface area contributed by atoms with Gasteiger partial charge in [0.05, 0.1) is 0 Å². The van der Waals surface area contributed by atoms with Gasteiger partial charge in [0.2, 0.25) is 5.89 Å². The van der Waals surface area contributed by atoms with E-state index in [1.165, 1.54) is 38.2 Å². The van der Waals surface area contributed by atoms with E-state index >= 15 is 0 Å². The number of benzene rings is 9. The van der Waals surface area contributed by atoms with Crippen LogP contribution in [0.3, 0.4) is 0 Å². The van der Waals surface area contributed by atoms with E-state index in [1.54, 1.807) is 0 Å². The Morgan fingerprint density at radius 2 is 0.981 bits per heavy atom. The maximum atomic E-state index is 6.37. The first-order chi connectivity index (χ1) is 25.8. The molecule has 0 saturated heterocycles. The van der Waals surface area contributed by atoms with E-state index in [4.69, 9.17) is 9.40 Å². The second-order valence-electron chi connectivity index (χ2n) is 13.2. The number of rotatable bonds is 6. The minimum atomic E-state index is 0.639. The van der Waals surface area contributed by atoms with Crippen molar-refractivity contribution < 1.29 is 4.42 Å². The maximum absolute atomic E-state index is 6.37. The van der Waals surface area contributed by atoms with Crippen LogP contribution in [0.2, 0.25) is 0 Å². The molecule has 1 heterocycles. The average molecular weight is 665 g/mol. The summed E-state index contributed by atoms with van der Waals surface area (Å²) in [6.45, 7) is 0. The molecule has 0 bridgehead atoms. The Bertz CT molecular complexity index is 2890. The summed E-state index contributed by atoms with van der Waals surface area (Å²) in [7, 11) is 0. The van der Waals surface area contributed by atoms with Crippen molar-refractivity contribution >= 4 is 60.5 Å². The first-order valence-electron chi connectivity index (χ1n) is 17.6. The first kappa shape index (κ1) is 29.9. The van der Waals surface area contributed by atoms with E-state index in [0.717, 1.165) is 50.1 Å². The molecule has 0 radical (unpaired) electrons. The maximum Gasteiger partial charge on any atom is 0.227 e. The van der Waals surface area contributed by atoms with Gasteiger partial charge in [0.25, 0.3) is 0 Å². The molecular weight excluding hydrogens is 633 g/mol. The van der Waals surface area contributed by atoms with Gasteiger partial charge in [0.15, 0.2) is 5.58 Å². The lowest BCUT2D eigenvalue weighted by atomic mass is 9.95. The summed E-state index contributed by atoms with van der Waals surface area (Å²) >= 11 is 0. The first-order valence-corrected chi connectivity index (χ1v) is 17.6. The number of aromatic nitrogens is 1. The Morgan fingerprint density at radius 1 is 0.365 bits per heavy atom. The summed E-state index contributed by atoms with van der Waals surface area (Å²) in [5.41, 5.74) is 10.8. The molecule has 0 saturated carbocycles. The molecule has 52 heavy (non-hydrogen) atoms. The third-order valence-electron chi connectivity index (χ3n) is 10.1. The van der Waals surface area contributed by atoms with Crippen molar-refractivity contribution in [2.24, 2.45) is 0 Å². The number of hydrogen-bond donors (Lipinski definition) is 0. The van der Waals surface area contributed by atoms with Crippen molar-refractivity contribution in [1.29, 1.82) is 0 Å². The van der Waals surface area contributed by atoms with Crippen LogP contribution in [0.25, 0.3) is 77.1 Å². The zero-order valence-electron chi connectivity index (χ0n) is 28.3. The molecule has 9 aromatic carbocycles. The van der Waals surface area contributed by atoms with Crippen LogP contribution >= 0.6 is 0 Å². The number of oxazole rings is 1. The van der Waals surface area contributed by atoms with Gasteiger partial charge >= 0.3 is 0 Å².